The Morgan fingerprint density at radius 3 is 0.830 bits per heavy atom. The van der Waals surface area contributed by atoms with Gasteiger partial charge in [-0.2, -0.15) is 0 Å². The number of phosphoric ester groups is 2. The zero-order valence-electron chi connectivity index (χ0n) is 62.3. The van der Waals surface area contributed by atoms with Crippen molar-refractivity contribution < 1.29 is 80.2 Å². The fraction of sp³-hybridized carbons (Fsp3) is 0.679. The largest absolute Gasteiger partial charge is 0.472 e. The lowest BCUT2D eigenvalue weighted by Crippen LogP contribution is -2.30. The summed E-state index contributed by atoms with van der Waals surface area (Å²) in [5, 5.41) is 10.6. The zero-order chi connectivity index (χ0) is 73.2. The molecule has 0 saturated carbocycles. The minimum absolute atomic E-state index is 0.0373. The van der Waals surface area contributed by atoms with Gasteiger partial charge < -0.3 is 33.8 Å². The first kappa shape index (κ1) is 95.2. The van der Waals surface area contributed by atoms with E-state index in [2.05, 4.69) is 161 Å². The van der Waals surface area contributed by atoms with Gasteiger partial charge in [-0.05, 0) is 148 Å². The van der Waals surface area contributed by atoms with Crippen LogP contribution >= 0.6 is 15.6 Å². The number of rotatable bonds is 71. The van der Waals surface area contributed by atoms with Gasteiger partial charge in [-0.15, -0.1) is 0 Å². The molecule has 0 aliphatic rings. The van der Waals surface area contributed by atoms with Gasteiger partial charge in [0.2, 0.25) is 0 Å². The summed E-state index contributed by atoms with van der Waals surface area (Å²) < 4.78 is 68.4. The van der Waals surface area contributed by atoms with Gasteiger partial charge >= 0.3 is 39.5 Å². The number of allylic oxidation sites excluding steroid dienone is 22. The molecule has 17 nitrogen and oxygen atoms in total. The van der Waals surface area contributed by atoms with Crippen LogP contribution in [0.2, 0.25) is 0 Å². The third kappa shape index (κ3) is 71.6. The number of unbranched alkanes of at least 4 members (excludes halogenated alkanes) is 23. The lowest BCUT2D eigenvalue weighted by molar-refractivity contribution is -0.161. The third-order valence-electron chi connectivity index (χ3n) is 15.6. The van der Waals surface area contributed by atoms with E-state index in [0.717, 1.165) is 199 Å². The van der Waals surface area contributed by atoms with Crippen LogP contribution in [0.15, 0.2) is 134 Å². The van der Waals surface area contributed by atoms with E-state index in [-0.39, 0.29) is 25.7 Å². The Bertz CT molecular complexity index is 2420. The Morgan fingerprint density at radius 2 is 0.520 bits per heavy atom. The SMILES string of the molecule is CC/C=C\C/C=C\C/C=C\C/C=C\CCCCC(=O)OC(COC(=O)CCCCCCCCC/C=C\C/C=C\C/C=C\CC)COP(=O)(O)OCC(O)COP(=O)(O)OCC(COC(=O)CCCCCCCCC/C=C\C/C=C\C/C=C\CC)OC(=O)CCCCCCC/C=C\CCCC. The van der Waals surface area contributed by atoms with Crippen LogP contribution < -0.4 is 0 Å². The molecule has 0 fully saturated rings. The second kappa shape index (κ2) is 72.5. The van der Waals surface area contributed by atoms with Crippen molar-refractivity contribution in [3.05, 3.63) is 134 Å². The molecule has 0 spiro atoms. The van der Waals surface area contributed by atoms with E-state index in [4.69, 9.17) is 37.0 Å². The molecule has 3 N–H and O–H groups in total. The standard InChI is InChI=1S/C81H136O17P2/c1-5-9-13-17-21-25-29-32-35-37-40-42-46-49-53-57-61-65-78(83)91-71-76(97-80(85)67-63-59-55-51-45-28-24-20-16-12-8-4)73-95-99(87,88)93-69-75(82)70-94-100(89,90)96-74-77(98-81(86)68-64-60-56-52-48-44-39-34-31-27-23-19-15-11-7-3)72-92-79(84)66-62-58-54-50-47-43-41-38-36-33-30-26-22-18-14-10-6-2/h9-11,13-15,20-27,32-36,39,48,52,75-77,82H,5-8,12,16-19,28-31,37-38,40-47,49-51,53-74H2,1-4H3,(H,87,88)(H,89,90)/b13-9-,14-10-,15-11-,24-20-,25-21-,26-22-,27-23-,35-32-,36-33-,39-34-,52-48-. The van der Waals surface area contributed by atoms with E-state index in [9.17, 15) is 43.2 Å². The van der Waals surface area contributed by atoms with Gasteiger partial charge in [0, 0.05) is 25.7 Å². The molecule has 0 heterocycles. The summed E-state index contributed by atoms with van der Waals surface area (Å²) in [6, 6.07) is 0. The van der Waals surface area contributed by atoms with Gasteiger partial charge in [0.25, 0.3) is 0 Å². The third-order valence-corrected chi connectivity index (χ3v) is 17.5. The monoisotopic (exact) mass is 1440 g/mol. The van der Waals surface area contributed by atoms with E-state index >= 15 is 0 Å². The number of hydrogen-bond acceptors (Lipinski definition) is 15. The highest BCUT2D eigenvalue weighted by atomic mass is 31.2. The van der Waals surface area contributed by atoms with Gasteiger partial charge in [-0.25, -0.2) is 9.13 Å². The predicted molar refractivity (Wildman–Crippen MR) is 408 cm³/mol. The highest BCUT2D eigenvalue weighted by Gasteiger charge is 2.30. The van der Waals surface area contributed by atoms with Crippen molar-refractivity contribution in [2.45, 2.75) is 316 Å². The molecular formula is C81H136O17P2. The fourth-order valence-corrected chi connectivity index (χ4v) is 11.4. The molecule has 0 rings (SSSR count). The molecule has 0 aromatic rings. The van der Waals surface area contributed by atoms with Crippen LogP contribution in [0.1, 0.15) is 297 Å². The highest BCUT2D eigenvalue weighted by Crippen LogP contribution is 2.45. The molecule has 0 aromatic heterocycles. The first-order valence-corrected chi connectivity index (χ1v) is 41.4. The molecule has 0 bridgehead atoms. The summed E-state index contributed by atoms with van der Waals surface area (Å²) >= 11 is 0. The van der Waals surface area contributed by atoms with Crippen molar-refractivity contribution in [2.75, 3.05) is 39.6 Å². The molecule has 0 radical (unpaired) electrons. The number of esters is 4. The maximum absolute atomic E-state index is 13.1. The van der Waals surface area contributed by atoms with Crippen molar-refractivity contribution >= 4 is 39.5 Å². The lowest BCUT2D eigenvalue weighted by atomic mass is 10.1. The molecule has 0 amide bonds. The van der Waals surface area contributed by atoms with E-state index in [1.807, 2.05) is 0 Å². The summed E-state index contributed by atoms with van der Waals surface area (Å²) in [7, 11) is -9.97. The van der Waals surface area contributed by atoms with E-state index in [0.29, 0.717) is 32.1 Å². The number of aliphatic hydroxyl groups is 1. The fourth-order valence-electron chi connectivity index (χ4n) is 9.81. The van der Waals surface area contributed by atoms with Crippen molar-refractivity contribution in [1.82, 2.24) is 0 Å². The molecular weight excluding hydrogens is 1310 g/mol. The summed E-state index contributed by atoms with van der Waals surface area (Å²) in [4.78, 5) is 72.9. The summed E-state index contributed by atoms with van der Waals surface area (Å²) in [6.07, 6.45) is 80.2. The van der Waals surface area contributed by atoms with Crippen molar-refractivity contribution in [1.29, 1.82) is 0 Å². The number of carbonyl (C=O) groups is 4. The lowest BCUT2D eigenvalue weighted by Gasteiger charge is -2.21. The molecule has 0 aromatic carbocycles. The van der Waals surface area contributed by atoms with Gasteiger partial charge in [0.05, 0.1) is 26.4 Å². The predicted octanol–water partition coefficient (Wildman–Crippen LogP) is 22.1. The maximum Gasteiger partial charge on any atom is 0.472 e. The summed E-state index contributed by atoms with van der Waals surface area (Å²) in [6.45, 7) is 4.42. The van der Waals surface area contributed by atoms with Crippen LogP contribution in [0, 0.1) is 0 Å². The quantitative estimate of drug-likeness (QED) is 0.0169. The Morgan fingerprint density at radius 1 is 0.290 bits per heavy atom. The number of carbonyl (C=O) groups excluding carboxylic acids is 4. The van der Waals surface area contributed by atoms with E-state index < -0.39 is 97.5 Å². The molecule has 0 saturated heterocycles. The average Bonchev–Trinajstić information content (AvgIpc) is 1.02. The van der Waals surface area contributed by atoms with Gasteiger partial charge in [-0.1, -0.05) is 258 Å². The first-order valence-electron chi connectivity index (χ1n) is 38.4. The van der Waals surface area contributed by atoms with Crippen molar-refractivity contribution in [3.8, 4) is 0 Å². The zero-order valence-corrected chi connectivity index (χ0v) is 64.1. The topological polar surface area (TPSA) is 237 Å². The van der Waals surface area contributed by atoms with Gasteiger partial charge in [-0.3, -0.25) is 37.3 Å². The second-order valence-electron chi connectivity index (χ2n) is 25.1. The van der Waals surface area contributed by atoms with Crippen LogP contribution in [0.4, 0.5) is 0 Å². The van der Waals surface area contributed by atoms with E-state index in [1.54, 1.807) is 0 Å². The molecule has 100 heavy (non-hydrogen) atoms. The van der Waals surface area contributed by atoms with Crippen LogP contribution in [0.25, 0.3) is 0 Å². The van der Waals surface area contributed by atoms with Crippen molar-refractivity contribution in [3.63, 3.8) is 0 Å². The average molecular weight is 1440 g/mol. The molecule has 572 valence electrons. The van der Waals surface area contributed by atoms with Crippen molar-refractivity contribution in [2.24, 2.45) is 0 Å². The molecule has 5 unspecified atom stereocenters. The minimum atomic E-state index is -4.99. The highest BCUT2D eigenvalue weighted by molar-refractivity contribution is 7.47. The summed E-state index contributed by atoms with van der Waals surface area (Å²) in [5.74, 6) is -2.26. The number of hydrogen-bond donors (Lipinski definition) is 3. The first-order chi connectivity index (χ1) is 48.7. The smallest absolute Gasteiger partial charge is 0.462 e. The second-order valence-corrected chi connectivity index (χ2v) is 28.1. The molecule has 0 aliphatic carbocycles. The number of ether oxygens (including phenoxy) is 4. The normalized spacial score (nSPS) is 14.7. The van der Waals surface area contributed by atoms with Gasteiger partial charge in [0.1, 0.15) is 19.3 Å². The number of phosphoric acid groups is 2. The Labute approximate surface area is 605 Å². The van der Waals surface area contributed by atoms with Crippen LogP contribution in [-0.2, 0) is 65.4 Å². The Hall–Kier alpha value is -4.80. The molecule has 5 atom stereocenters. The summed E-state index contributed by atoms with van der Waals surface area (Å²) in [5.41, 5.74) is 0. The van der Waals surface area contributed by atoms with Crippen LogP contribution in [-0.4, -0.2) is 96.7 Å². The maximum atomic E-state index is 13.1. The molecule has 19 heteroatoms. The van der Waals surface area contributed by atoms with Crippen LogP contribution in [0.5, 0.6) is 0 Å². The Kier molecular flexibility index (Phi) is 69.1. The minimum Gasteiger partial charge on any atom is -0.462 e. The van der Waals surface area contributed by atoms with Crippen LogP contribution in [0.3, 0.4) is 0 Å². The Balaban J connectivity index is 5.37. The van der Waals surface area contributed by atoms with E-state index in [1.165, 1.54) is 12.8 Å². The van der Waals surface area contributed by atoms with Gasteiger partial charge in [0.15, 0.2) is 12.2 Å². The number of aliphatic hydroxyl groups excluding tert-OH is 1. The molecule has 0 aliphatic heterocycles.